The highest BCUT2D eigenvalue weighted by Gasteiger charge is 2.14. The number of benzene rings is 1. The van der Waals surface area contributed by atoms with E-state index < -0.39 is 0 Å². The zero-order valence-corrected chi connectivity index (χ0v) is 18.4. The molecular weight excluding hydrogens is 422 g/mol. The number of rotatable bonds is 6. The Kier molecular flexibility index (Phi) is 5.85. The molecule has 0 radical (unpaired) electrons. The standard InChI is InChI=1S/C22H18ClN3OS2/c1-13(2)16-9-14(3)26-21-15(16)5-4-6-19(21)27-12-17-18(23)10-24-11-20(17)29-22-25-7-8-28-22/h4-11H,1,12H2,2-3H3. The highest BCUT2D eigenvalue weighted by Crippen LogP contribution is 2.36. The Morgan fingerprint density at radius 2 is 2.17 bits per heavy atom. The Morgan fingerprint density at radius 3 is 2.93 bits per heavy atom. The molecule has 0 spiro atoms. The number of aryl methyl sites for hydroxylation is 1. The third-order valence-electron chi connectivity index (χ3n) is 4.33. The smallest absolute Gasteiger partial charge is 0.154 e. The van der Waals surface area contributed by atoms with Gasteiger partial charge in [0.1, 0.15) is 17.9 Å². The second kappa shape index (κ2) is 8.53. The second-order valence-corrected chi connectivity index (χ2v) is 9.12. The zero-order chi connectivity index (χ0) is 20.4. The van der Waals surface area contributed by atoms with Crippen molar-refractivity contribution in [2.75, 3.05) is 0 Å². The van der Waals surface area contributed by atoms with Crippen molar-refractivity contribution >= 4 is 51.2 Å². The van der Waals surface area contributed by atoms with Crippen molar-refractivity contribution < 1.29 is 4.74 Å². The van der Waals surface area contributed by atoms with Crippen molar-refractivity contribution in [2.45, 2.75) is 29.7 Å². The summed E-state index contributed by atoms with van der Waals surface area (Å²) >= 11 is 9.56. The molecule has 0 saturated carbocycles. The number of ether oxygens (including phenoxy) is 1. The average molecular weight is 440 g/mol. The van der Waals surface area contributed by atoms with E-state index in [2.05, 4.69) is 22.6 Å². The van der Waals surface area contributed by atoms with Crippen LogP contribution in [0.1, 0.15) is 23.7 Å². The molecule has 0 unspecified atom stereocenters. The minimum absolute atomic E-state index is 0.312. The highest BCUT2D eigenvalue weighted by molar-refractivity contribution is 8.01. The first-order valence-electron chi connectivity index (χ1n) is 8.91. The van der Waals surface area contributed by atoms with E-state index in [0.29, 0.717) is 17.4 Å². The molecule has 3 heterocycles. The van der Waals surface area contributed by atoms with Crippen LogP contribution in [0.25, 0.3) is 16.5 Å². The Morgan fingerprint density at radius 1 is 1.31 bits per heavy atom. The molecular formula is C22H18ClN3OS2. The van der Waals surface area contributed by atoms with Crippen LogP contribution in [0, 0.1) is 6.92 Å². The molecule has 3 aromatic heterocycles. The van der Waals surface area contributed by atoms with Crippen molar-refractivity contribution in [3.63, 3.8) is 0 Å². The van der Waals surface area contributed by atoms with Gasteiger partial charge in [0.15, 0.2) is 4.34 Å². The third-order valence-corrected chi connectivity index (χ3v) is 6.62. The predicted molar refractivity (Wildman–Crippen MR) is 121 cm³/mol. The number of thiazole rings is 1. The Labute approximate surface area is 182 Å². The van der Waals surface area contributed by atoms with Gasteiger partial charge >= 0.3 is 0 Å². The fraction of sp³-hybridized carbons (Fsp3) is 0.136. The number of fused-ring (bicyclic) bond motifs is 1. The average Bonchev–Trinajstić information content (AvgIpc) is 3.20. The summed E-state index contributed by atoms with van der Waals surface area (Å²) in [6, 6.07) is 8.00. The molecule has 0 N–H and O–H groups in total. The van der Waals surface area contributed by atoms with Crippen LogP contribution < -0.4 is 4.74 Å². The van der Waals surface area contributed by atoms with Gasteiger partial charge in [-0.05, 0) is 31.5 Å². The lowest BCUT2D eigenvalue weighted by Gasteiger charge is -2.14. The molecule has 4 aromatic rings. The van der Waals surface area contributed by atoms with Gasteiger partial charge < -0.3 is 4.74 Å². The maximum Gasteiger partial charge on any atom is 0.154 e. The molecule has 0 amide bonds. The van der Waals surface area contributed by atoms with Crippen molar-refractivity contribution in [3.8, 4) is 5.75 Å². The lowest BCUT2D eigenvalue weighted by atomic mass is 10.0. The lowest BCUT2D eigenvalue weighted by Crippen LogP contribution is -2.01. The van der Waals surface area contributed by atoms with Gasteiger partial charge in [-0.15, -0.1) is 11.3 Å². The lowest BCUT2D eigenvalue weighted by molar-refractivity contribution is 0.306. The van der Waals surface area contributed by atoms with E-state index >= 15 is 0 Å². The molecule has 4 nitrogen and oxygen atoms in total. The Hall–Kier alpha value is -2.41. The Bertz CT molecular complexity index is 1190. The highest BCUT2D eigenvalue weighted by atomic mass is 35.5. The van der Waals surface area contributed by atoms with Gasteiger partial charge in [0.2, 0.25) is 0 Å². The van der Waals surface area contributed by atoms with Crippen molar-refractivity contribution in [1.29, 1.82) is 0 Å². The molecule has 29 heavy (non-hydrogen) atoms. The summed E-state index contributed by atoms with van der Waals surface area (Å²) < 4.78 is 7.14. The third kappa shape index (κ3) is 4.29. The number of pyridine rings is 2. The Balaban J connectivity index is 1.68. The van der Waals surface area contributed by atoms with Crippen LogP contribution in [0.4, 0.5) is 0 Å². The van der Waals surface area contributed by atoms with E-state index in [9.17, 15) is 0 Å². The molecule has 7 heteroatoms. The van der Waals surface area contributed by atoms with Gasteiger partial charge in [-0.25, -0.2) is 9.97 Å². The van der Waals surface area contributed by atoms with Crippen LogP contribution >= 0.6 is 34.7 Å². The fourth-order valence-electron chi connectivity index (χ4n) is 3.00. The summed E-state index contributed by atoms with van der Waals surface area (Å²) in [6.45, 7) is 8.39. The molecule has 146 valence electrons. The van der Waals surface area contributed by atoms with E-state index in [4.69, 9.17) is 21.3 Å². The van der Waals surface area contributed by atoms with Crippen LogP contribution in [0.5, 0.6) is 5.75 Å². The minimum atomic E-state index is 0.312. The first-order valence-corrected chi connectivity index (χ1v) is 11.0. The monoisotopic (exact) mass is 439 g/mol. The summed E-state index contributed by atoms with van der Waals surface area (Å²) in [5.41, 5.74) is 4.71. The quantitative estimate of drug-likeness (QED) is 0.330. The van der Waals surface area contributed by atoms with E-state index in [1.54, 1.807) is 29.9 Å². The van der Waals surface area contributed by atoms with Crippen LogP contribution in [0.3, 0.4) is 0 Å². The van der Waals surface area contributed by atoms with Crippen LogP contribution in [-0.4, -0.2) is 15.0 Å². The topological polar surface area (TPSA) is 47.9 Å². The molecule has 0 fully saturated rings. The van der Waals surface area contributed by atoms with Crippen LogP contribution in [0.15, 0.2) is 64.1 Å². The molecule has 0 aliphatic heterocycles. The van der Waals surface area contributed by atoms with Gasteiger partial charge in [0.05, 0.1) is 5.02 Å². The predicted octanol–water partition coefficient (Wildman–Crippen LogP) is 6.81. The molecule has 0 aliphatic rings. The van der Waals surface area contributed by atoms with Crippen molar-refractivity contribution in [1.82, 2.24) is 15.0 Å². The van der Waals surface area contributed by atoms with Crippen molar-refractivity contribution in [3.05, 3.63) is 76.7 Å². The molecule has 0 aliphatic carbocycles. The van der Waals surface area contributed by atoms with Crippen LogP contribution in [-0.2, 0) is 6.61 Å². The summed E-state index contributed by atoms with van der Waals surface area (Å²) in [7, 11) is 0. The van der Waals surface area contributed by atoms with Gasteiger partial charge in [-0.1, -0.05) is 47.6 Å². The summed E-state index contributed by atoms with van der Waals surface area (Å²) in [4.78, 5) is 14.2. The maximum absolute atomic E-state index is 6.45. The fourth-order valence-corrected chi connectivity index (χ4v) is 4.96. The van der Waals surface area contributed by atoms with E-state index in [1.807, 2.05) is 37.4 Å². The number of aromatic nitrogens is 3. The number of hydrogen-bond acceptors (Lipinski definition) is 6. The SMILES string of the molecule is C=C(C)c1cc(C)nc2c(OCc3c(Cl)cncc3Sc3nccs3)cccc12. The minimum Gasteiger partial charge on any atom is -0.487 e. The van der Waals surface area contributed by atoms with Gasteiger partial charge in [0, 0.05) is 45.5 Å². The molecule has 0 bridgehead atoms. The second-order valence-electron chi connectivity index (χ2n) is 6.53. The van der Waals surface area contributed by atoms with E-state index in [0.717, 1.165) is 42.5 Å². The maximum atomic E-state index is 6.45. The van der Waals surface area contributed by atoms with E-state index in [1.165, 1.54) is 11.8 Å². The first-order chi connectivity index (χ1) is 14.0. The summed E-state index contributed by atoms with van der Waals surface area (Å²) in [6.07, 6.45) is 5.21. The summed E-state index contributed by atoms with van der Waals surface area (Å²) in [5.74, 6) is 0.715. The van der Waals surface area contributed by atoms with Crippen molar-refractivity contribution in [2.24, 2.45) is 0 Å². The van der Waals surface area contributed by atoms with Gasteiger partial charge in [-0.2, -0.15) is 0 Å². The van der Waals surface area contributed by atoms with Gasteiger partial charge in [-0.3, -0.25) is 4.98 Å². The zero-order valence-electron chi connectivity index (χ0n) is 16.0. The molecule has 0 atom stereocenters. The summed E-state index contributed by atoms with van der Waals surface area (Å²) in [5, 5.41) is 3.54. The van der Waals surface area contributed by atoms with Crippen LogP contribution in [0.2, 0.25) is 5.02 Å². The molecule has 1 aromatic carbocycles. The number of allylic oxidation sites excluding steroid dienone is 1. The largest absolute Gasteiger partial charge is 0.487 e. The number of nitrogens with zero attached hydrogens (tertiary/aromatic N) is 3. The number of halogens is 1. The number of para-hydroxylation sites is 1. The molecule has 0 saturated heterocycles. The normalized spacial score (nSPS) is 11.0. The number of hydrogen-bond donors (Lipinski definition) is 0. The molecule has 4 rings (SSSR count). The van der Waals surface area contributed by atoms with E-state index in [-0.39, 0.29) is 0 Å². The van der Waals surface area contributed by atoms with Gasteiger partial charge in [0.25, 0.3) is 0 Å². The first kappa shape index (κ1) is 19.9.